The third kappa shape index (κ3) is 7.98. The molecule has 0 fully saturated rings. The minimum atomic E-state index is 0.107. The Morgan fingerprint density at radius 2 is 1.89 bits per heavy atom. The molecule has 0 amide bonds. The summed E-state index contributed by atoms with van der Waals surface area (Å²) in [6, 6.07) is 10.3. The van der Waals surface area contributed by atoms with Crippen LogP contribution in [0.25, 0.3) is 0 Å². The maximum atomic E-state index is 9.36. The molecule has 0 spiro atoms. The topological polar surface area (TPSA) is 41.5 Å². The van der Waals surface area contributed by atoms with Crippen molar-refractivity contribution in [1.29, 1.82) is 0 Å². The largest absolute Gasteiger partial charge is 0.395 e. The van der Waals surface area contributed by atoms with Gasteiger partial charge in [0, 0.05) is 19.2 Å². The van der Waals surface area contributed by atoms with Crippen LogP contribution >= 0.6 is 0 Å². The van der Waals surface area contributed by atoms with Crippen LogP contribution in [-0.4, -0.2) is 37.5 Å². The third-order valence-corrected chi connectivity index (χ3v) is 3.06. The van der Waals surface area contributed by atoms with E-state index in [4.69, 9.17) is 4.74 Å². The van der Waals surface area contributed by atoms with Gasteiger partial charge in [-0.2, -0.15) is 0 Å². The molecule has 108 valence electrons. The van der Waals surface area contributed by atoms with Gasteiger partial charge in [0.15, 0.2) is 0 Å². The first-order valence-corrected chi connectivity index (χ1v) is 7.18. The van der Waals surface area contributed by atoms with Gasteiger partial charge in [-0.05, 0) is 24.3 Å². The first-order valence-electron chi connectivity index (χ1n) is 7.18. The first kappa shape index (κ1) is 16.2. The molecule has 1 aromatic carbocycles. The Labute approximate surface area is 117 Å². The molecule has 1 atom stereocenters. The summed E-state index contributed by atoms with van der Waals surface area (Å²) in [7, 11) is 0. The standard InChI is InChI=1S/C16H27NO2/c1-14(2)8-10-19-11-9-17-16(13-18)12-15-6-4-3-5-7-15/h3-7,14,16-18H,8-13H2,1-2H3. The zero-order valence-electron chi connectivity index (χ0n) is 12.1. The van der Waals surface area contributed by atoms with Gasteiger partial charge in [0.2, 0.25) is 0 Å². The van der Waals surface area contributed by atoms with E-state index < -0.39 is 0 Å². The van der Waals surface area contributed by atoms with Crippen LogP contribution in [0.2, 0.25) is 0 Å². The van der Waals surface area contributed by atoms with E-state index in [1.165, 1.54) is 5.56 Å². The summed E-state index contributed by atoms with van der Waals surface area (Å²) in [5, 5.41) is 12.7. The lowest BCUT2D eigenvalue weighted by Crippen LogP contribution is -2.36. The minimum Gasteiger partial charge on any atom is -0.395 e. The van der Waals surface area contributed by atoms with E-state index in [-0.39, 0.29) is 12.6 Å². The fraction of sp³-hybridized carbons (Fsp3) is 0.625. The lowest BCUT2D eigenvalue weighted by molar-refractivity contribution is 0.120. The van der Waals surface area contributed by atoms with E-state index >= 15 is 0 Å². The summed E-state index contributed by atoms with van der Waals surface area (Å²) in [6.45, 7) is 6.86. The van der Waals surface area contributed by atoms with Gasteiger partial charge in [0.25, 0.3) is 0 Å². The molecule has 19 heavy (non-hydrogen) atoms. The highest BCUT2D eigenvalue weighted by atomic mass is 16.5. The molecule has 0 aromatic heterocycles. The van der Waals surface area contributed by atoms with Crippen LogP contribution in [0.1, 0.15) is 25.8 Å². The number of hydrogen-bond acceptors (Lipinski definition) is 3. The van der Waals surface area contributed by atoms with Crippen LogP contribution < -0.4 is 5.32 Å². The lowest BCUT2D eigenvalue weighted by atomic mass is 10.1. The maximum absolute atomic E-state index is 9.36. The van der Waals surface area contributed by atoms with Crippen molar-refractivity contribution in [3.63, 3.8) is 0 Å². The van der Waals surface area contributed by atoms with Gasteiger partial charge in [0.1, 0.15) is 0 Å². The van der Waals surface area contributed by atoms with Crippen molar-refractivity contribution in [1.82, 2.24) is 5.32 Å². The molecule has 1 aromatic rings. The van der Waals surface area contributed by atoms with Crippen molar-refractivity contribution >= 4 is 0 Å². The van der Waals surface area contributed by atoms with E-state index in [9.17, 15) is 5.11 Å². The van der Waals surface area contributed by atoms with Gasteiger partial charge in [-0.25, -0.2) is 0 Å². The van der Waals surface area contributed by atoms with Crippen molar-refractivity contribution in [2.75, 3.05) is 26.4 Å². The van der Waals surface area contributed by atoms with Crippen molar-refractivity contribution in [2.24, 2.45) is 5.92 Å². The predicted octanol–water partition coefficient (Wildman–Crippen LogP) is 2.24. The molecule has 0 radical (unpaired) electrons. The second-order valence-electron chi connectivity index (χ2n) is 5.32. The number of ether oxygens (including phenoxy) is 1. The Balaban J connectivity index is 2.12. The third-order valence-electron chi connectivity index (χ3n) is 3.06. The van der Waals surface area contributed by atoms with Gasteiger partial charge in [-0.3, -0.25) is 0 Å². The molecule has 3 heteroatoms. The molecule has 3 nitrogen and oxygen atoms in total. The summed E-state index contributed by atoms with van der Waals surface area (Å²) in [6.07, 6.45) is 1.96. The Hall–Kier alpha value is -0.900. The quantitative estimate of drug-likeness (QED) is 0.638. The molecule has 1 rings (SSSR count). The highest BCUT2D eigenvalue weighted by Gasteiger charge is 2.07. The molecule has 0 bridgehead atoms. The highest BCUT2D eigenvalue weighted by Crippen LogP contribution is 2.03. The Bertz CT molecular complexity index is 314. The van der Waals surface area contributed by atoms with Crippen molar-refractivity contribution in [3.8, 4) is 0 Å². The average Bonchev–Trinajstić information content (AvgIpc) is 2.42. The van der Waals surface area contributed by atoms with Gasteiger partial charge in [-0.1, -0.05) is 44.2 Å². The molecule has 2 N–H and O–H groups in total. The predicted molar refractivity (Wildman–Crippen MR) is 79.3 cm³/mol. The maximum Gasteiger partial charge on any atom is 0.0591 e. The number of rotatable bonds is 10. The SMILES string of the molecule is CC(C)CCOCCNC(CO)Cc1ccccc1. The molecule has 0 aliphatic heterocycles. The molecule has 0 heterocycles. The monoisotopic (exact) mass is 265 g/mol. The van der Waals surface area contributed by atoms with Gasteiger partial charge >= 0.3 is 0 Å². The molecule has 0 saturated heterocycles. The molecule has 0 saturated carbocycles. The summed E-state index contributed by atoms with van der Waals surface area (Å²) >= 11 is 0. The molecule has 0 aliphatic carbocycles. The average molecular weight is 265 g/mol. The van der Waals surface area contributed by atoms with Crippen molar-refractivity contribution in [2.45, 2.75) is 32.7 Å². The van der Waals surface area contributed by atoms with Crippen molar-refractivity contribution in [3.05, 3.63) is 35.9 Å². The molecular formula is C16H27NO2. The number of hydrogen-bond donors (Lipinski definition) is 2. The van der Waals surface area contributed by atoms with Crippen LogP contribution in [0.5, 0.6) is 0 Å². The second kappa shape index (κ2) is 9.96. The fourth-order valence-corrected chi connectivity index (χ4v) is 1.86. The zero-order chi connectivity index (χ0) is 13.9. The van der Waals surface area contributed by atoms with E-state index in [0.29, 0.717) is 12.5 Å². The number of benzene rings is 1. The zero-order valence-corrected chi connectivity index (χ0v) is 12.1. The van der Waals surface area contributed by atoms with Crippen LogP contribution in [-0.2, 0) is 11.2 Å². The van der Waals surface area contributed by atoms with Crippen LogP contribution in [0.15, 0.2) is 30.3 Å². The Morgan fingerprint density at radius 1 is 1.16 bits per heavy atom. The van der Waals surface area contributed by atoms with Crippen LogP contribution in [0.3, 0.4) is 0 Å². The smallest absolute Gasteiger partial charge is 0.0591 e. The number of nitrogens with one attached hydrogen (secondary N) is 1. The van der Waals surface area contributed by atoms with Gasteiger partial charge < -0.3 is 15.2 Å². The van der Waals surface area contributed by atoms with Crippen LogP contribution in [0, 0.1) is 5.92 Å². The summed E-state index contributed by atoms with van der Waals surface area (Å²) in [4.78, 5) is 0. The summed E-state index contributed by atoms with van der Waals surface area (Å²) in [5.41, 5.74) is 1.25. The molecular weight excluding hydrogens is 238 g/mol. The summed E-state index contributed by atoms with van der Waals surface area (Å²) in [5.74, 6) is 0.691. The second-order valence-corrected chi connectivity index (χ2v) is 5.32. The van der Waals surface area contributed by atoms with Crippen molar-refractivity contribution < 1.29 is 9.84 Å². The summed E-state index contributed by atoms with van der Waals surface area (Å²) < 4.78 is 5.55. The first-order chi connectivity index (χ1) is 9.22. The normalized spacial score (nSPS) is 12.8. The Kier molecular flexibility index (Phi) is 8.47. The molecule has 1 unspecified atom stereocenters. The number of aliphatic hydroxyl groups is 1. The molecule has 0 aliphatic rings. The van der Waals surface area contributed by atoms with Crippen LogP contribution in [0.4, 0.5) is 0 Å². The Morgan fingerprint density at radius 3 is 2.53 bits per heavy atom. The van der Waals surface area contributed by atoms with E-state index in [1.807, 2.05) is 18.2 Å². The lowest BCUT2D eigenvalue weighted by Gasteiger charge is -2.16. The fourth-order valence-electron chi connectivity index (χ4n) is 1.86. The number of aliphatic hydroxyl groups excluding tert-OH is 1. The minimum absolute atomic E-state index is 0.107. The van der Waals surface area contributed by atoms with E-state index in [0.717, 1.165) is 26.0 Å². The van der Waals surface area contributed by atoms with E-state index in [2.05, 4.69) is 31.3 Å². The van der Waals surface area contributed by atoms with E-state index in [1.54, 1.807) is 0 Å². The highest BCUT2D eigenvalue weighted by molar-refractivity contribution is 5.15. The van der Waals surface area contributed by atoms with Gasteiger partial charge in [-0.15, -0.1) is 0 Å². The van der Waals surface area contributed by atoms with Gasteiger partial charge in [0.05, 0.1) is 13.2 Å².